The molecule has 0 N–H and O–H groups in total. The maximum absolute atomic E-state index is 2.48. The smallest absolute Gasteiger partial charge is 0.0153 e. The van der Waals surface area contributed by atoms with Gasteiger partial charge in [0.15, 0.2) is 0 Å². The molecule has 1 heterocycles. The molecule has 0 spiro atoms. The molecule has 1 aromatic heterocycles. The third-order valence-electron chi connectivity index (χ3n) is 5.45. The van der Waals surface area contributed by atoms with Crippen LogP contribution in [0, 0.1) is 6.92 Å². The van der Waals surface area contributed by atoms with Gasteiger partial charge in [0.2, 0.25) is 0 Å². The largest absolute Gasteiger partial charge is 0.148 e. The molecule has 1 heteroatoms. The Morgan fingerprint density at radius 1 is 1.05 bits per heavy atom. The van der Waals surface area contributed by atoms with Gasteiger partial charge in [-0.15, -0.1) is 11.3 Å². The Morgan fingerprint density at radius 2 is 1.86 bits per heavy atom. The Balaban J connectivity index is 1.85. The molecule has 1 fully saturated rings. The van der Waals surface area contributed by atoms with Gasteiger partial charge in [0, 0.05) is 16.2 Å². The molecule has 1 atom stereocenters. The van der Waals surface area contributed by atoms with E-state index >= 15 is 0 Å². The van der Waals surface area contributed by atoms with E-state index in [2.05, 4.69) is 54.8 Å². The zero-order chi connectivity index (χ0) is 14.3. The molecule has 0 radical (unpaired) electrons. The lowest BCUT2D eigenvalue weighted by atomic mass is 9.63. The SMILES string of the molecule is Cc1ccsc1C1(C2C=Cc3ccccc32)CCCCC1. The molecule has 0 nitrogen and oxygen atoms in total. The van der Waals surface area contributed by atoms with Gasteiger partial charge >= 0.3 is 0 Å². The van der Waals surface area contributed by atoms with E-state index < -0.39 is 0 Å². The Bertz CT molecular complexity index is 671. The van der Waals surface area contributed by atoms with Crippen LogP contribution in [0.2, 0.25) is 0 Å². The van der Waals surface area contributed by atoms with Crippen LogP contribution in [0.25, 0.3) is 6.08 Å². The highest BCUT2D eigenvalue weighted by atomic mass is 32.1. The van der Waals surface area contributed by atoms with Gasteiger partial charge in [-0.3, -0.25) is 0 Å². The summed E-state index contributed by atoms with van der Waals surface area (Å²) in [5, 5.41) is 2.28. The van der Waals surface area contributed by atoms with Crippen molar-refractivity contribution in [3.8, 4) is 0 Å². The number of hydrogen-bond donors (Lipinski definition) is 0. The van der Waals surface area contributed by atoms with Crippen LogP contribution in [0.5, 0.6) is 0 Å². The summed E-state index contributed by atoms with van der Waals surface area (Å²) in [6.45, 7) is 2.30. The van der Waals surface area contributed by atoms with Gasteiger partial charge in [-0.05, 0) is 47.9 Å². The number of thiophene rings is 1. The first-order chi connectivity index (χ1) is 10.3. The fourth-order valence-electron chi connectivity index (χ4n) is 4.48. The fourth-order valence-corrected chi connectivity index (χ4v) is 5.70. The van der Waals surface area contributed by atoms with E-state index in [-0.39, 0.29) is 0 Å². The lowest BCUT2D eigenvalue weighted by molar-refractivity contribution is 0.272. The van der Waals surface area contributed by atoms with E-state index in [0.717, 1.165) is 0 Å². The lowest BCUT2D eigenvalue weighted by Crippen LogP contribution is -2.34. The predicted molar refractivity (Wildman–Crippen MR) is 92.0 cm³/mol. The molecule has 0 bridgehead atoms. The Labute approximate surface area is 131 Å². The number of hydrogen-bond acceptors (Lipinski definition) is 1. The molecule has 0 saturated heterocycles. The summed E-state index contributed by atoms with van der Waals surface area (Å²) >= 11 is 1.98. The van der Waals surface area contributed by atoms with Gasteiger partial charge in [-0.1, -0.05) is 55.7 Å². The van der Waals surface area contributed by atoms with Gasteiger partial charge in [0.25, 0.3) is 0 Å². The molecule has 0 aliphatic heterocycles. The van der Waals surface area contributed by atoms with Crippen LogP contribution in [0.15, 0.2) is 41.8 Å². The van der Waals surface area contributed by atoms with Crippen LogP contribution in [0.1, 0.15) is 59.6 Å². The normalized spacial score (nSPS) is 23.2. The van der Waals surface area contributed by atoms with Crippen molar-refractivity contribution in [2.75, 3.05) is 0 Å². The van der Waals surface area contributed by atoms with Crippen molar-refractivity contribution in [3.63, 3.8) is 0 Å². The second kappa shape index (κ2) is 5.14. The van der Waals surface area contributed by atoms with E-state index in [4.69, 9.17) is 0 Å². The molecule has 21 heavy (non-hydrogen) atoms. The van der Waals surface area contributed by atoms with Crippen molar-refractivity contribution >= 4 is 17.4 Å². The van der Waals surface area contributed by atoms with Crippen LogP contribution in [-0.4, -0.2) is 0 Å². The van der Waals surface area contributed by atoms with Crippen molar-refractivity contribution in [1.82, 2.24) is 0 Å². The third-order valence-corrected chi connectivity index (χ3v) is 6.69. The van der Waals surface area contributed by atoms with E-state index in [1.807, 2.05) is 11.3 Å². The maximum atomic E-state index is 2.48. The minimum absolute atomic E-state index is 0.347. The Hall–Kier alpha value is -1.34. The van der Waals surface area contributed by atoms with Crippen molar-refractivity contribution in [2.24, 2.45) is 0 Å². The first-order valence-corrected chi connectivity index (χ1v) is 9.01. The lowest BCUT2D eigenvalue weighted by Gasteiger charge is -2.42. The highest BCUT2D eigenvalue weighted by molar-refractivity contribution is 7.10. The van der Waals surface area contributed by atoms with Gasteiger partial charge in [0.1, 0.15) is 0 Å². The zero-order valence-corrected chi connectivity index (χ0v) is 13.5. The van der Waals surface area contributed by atoms with Crippen LogP contribution >= 0.6 is 11.3 Å². The van der Waals surface area contributed by atoms with Gasteiger partial charge in [-0.25, -0.2) is 0 Å². The van der Waals surface area contributed by atoms with Gasteiger partial charge in [0.05, 0.1) is 0 Å². The van der Waals surface area contributed by atoms with E-state index in [9.17, 15) is 0 Å². The molecule has 2 aliphatic rings. The van der Waals surface area contributed by atoms with E-state index in [1.54, 1.807) is 10.4 Å². The summed E-state index contributed by atoms with van der Waals surface area (Å²) in [5.74, 6) is 0.575. The summed E-state index contributed by atoms with van der Waals surface area (Å²) in [7, 11) is 0. The van der Waals surface area contributed by atoms with Crippen LogP contribution in [-0.2, 0) is 5.41 Å². The summed E-state index contributed by atoms with van der Waals surface area (Å²) in [6, 6.07) is 11.3. The average Bonchev–Trinajstić information content (AvgIpc) is 3.14. The van der Waals surface area contributed by atoms with Crippen LogP contribution < -0.4 is 0 Å². The van der Waals surface area contributed by atoms with Gasteiger partial charge < -0.3 is 0 Å². The first-order valence-electron chi connectivity index (χ1n) is 8.13. The molecule has 2 aromatic rings. The minimum atomic E-state index is 0.347. The first kappa shape index (κ1) is 13.3. The average molecular weight is 294 g/mol. The minimum Gasteiger partial charge on any atom is -0.148 e. The van der Waals surface area contributed by atoms with E-state index in [0.29, 0.717) is 11.3 Å². The van der Waals surface area contributed by atoms with Crippen molar-refractivity contribution in [2.45, 2.75) is 50.4 Å². The molecular formula is C20H22S. The number of rotatable bonds is 2. The molecule has 4 rings (SSSR count). The predicted octanol–water partition coefficient (Wildman–Crippen LogP) is 6.07. The van der Waals surface area contributed by atoms with Crippen molar-refractivity contribution < 1.29 is 0 Å². The third kappa shape index (κ3) is 2.02. The summed E-state index contributed by atoms with van der Waals surface area (Å²) in [6.07, 6.45) is 11.7. The standard InChI is InChI=1S/C20H22S/c1-15-11-14-21-19(15)20(12-5-2-6-13-20)18-10-9-16-7-3-4-8-17(16)18/h3-4,7-11,14,18H,2,5-6,12-13H2,1H3. The highest BCUT2D eigenvalue weighted by Crippen LogP contribution is 2.54. The van der Waals surface area contributed by atoms with Crippen molar-refractivity contribution in [3.05, 3.63) is 63.4 Å². The van der Waals surface area contributed by atoms with Gasteiger partial charge in [-0.2, -0.15) is 0 Å². The zero-order valence-electron chi connectivity index (χ0n) is 12.6. The number of fused-ring (bicyclic) bond motifs is 1. The molecule has 0 amide bonds. The molecular weight excluding hydrogens is 272 g/mol. The second-order valence-corrected chi connectivity index (χ2v) is 7.53. The summed E-state index contributed by atoms with van der Waals surface area (Å²) in [5.41, 5.74) is 4.83. The fraction of sp³-hybridized carbons (Fsp3) is 0.400. The Morgan fingerprint density at radius 3 is 2.62 bits per heavy atom. The number of benzene rings is 1. The monoisotopic (exact) mass is 294 g/mol. The number of aryl methyl sites for hydroxylation is 1. The van der Waals surface area contributed by atoms with Crippen LogP contribution in [0.4, 0.5) is 0 Å². The van der Waals surface area contributed by atoms with Crippen LogP contribution in [0.3, 0.4) is 0 Å². The summed E-state index contributed by atoms with van der Waals surface area (Å²) in [4.78, 5) is 1.65. The molecule has 1 aromatic carbocycles. The second-order valence-electron chi connectivity index (χ2n) is 6.62. The molecule has 108 valence electrons. The van der Waals surface area contributed by atoms with E-state index in [1.165, 1.54) is 43.2 Å². The molecule has 2 aliphatic carbocycles. The molecule has 1 unspecified atom stereocenters. The Kier molecular flexibility index (Phi) is 3.26. The number of allylic oxidation sites excluding steroid dienone is 1. The quantitative estimate of drug-likeness (QED) is 0.630. The maximum Gasteiger partial charge on any atom is 0.0153 e. The topological polar surface area (TPSA) is 0 Å². The highest BCUT2D eigenvalue weighted by Gasteiger charge is 2.44. The van der Waals surface area contributed by atoms with Crippen molar-refractivity contribution in [1.29, 1.82) is 0 Å². The summed E-state index contributed by atoms with van der Waals surface area (Å²) < 4.78 is 0. The molecule has 1 saturated carbocycles.